The molecule has 1 aromatic heterocycles. The topological polar surface area (TPSA) is 44.0 Å². The maximum Gasteiger partial charge on any atom is 0.0670 e. The summed E-state index contributed by atoms with van der Waals surface area (Å²) in [6, 6.07) is 17.8. The second-order valence-corrected chi connectivity index (χ2v) is 6.67. The van der Waals surface area contributed by atoms with Gasteiger partial charge in [-0.2, -0.15) is 5.10 Å². The van der Waals surface area contributed by atoms with Crippen LogP contribution < -0.4 is 5.32 Å². The first-order valence-electron chi connectivity index (χ1n) is 8.83. The highest BCUT2D eigenvalue weighted by atomic mass is 15.1. The fourth-order valence-electron chi connectivity index (χ4n) is 3.50. The summed E-state index contributed by atoms with van der Waals surface area (Å²) in [5.41, 5.74) is 3.72. The molecule has 4 rings (SSSR count). The number of fused-ring (bicyclic) bond motifs is 1. The predicted molar refractivity (Wildman–Crippen MR) is 99.3 cm³/mol. The Morgan fingerprint density at radius 2 is 1.92 bits per heavy atom. The van der Waals surface area contributed by atoms with E-state index in [-0.39, 0.29) is 0 Å². The summed E-state index contributed by atoms with van der Waals surface area (Å²) in [5.74, 6) is 0. The summed E-state index contributed by atoms with van der Waals surface area (Å²) in [6.07, 6.45) is 5.42. The van der Waals surface area contributed by atoms with E-state index in [1.165, 1.54) is 37.2 Å². The highest BCUT2D eigenvalue weighted by Crippen LogP contribution is 2.20. The number of hydrogen-bond acceptors (Lipinski definition) is 3. The summed E-state index contributed by atoms with van der Waals surface area (Å²) >= 11 is 0. The third kappa shape index (κ3) is 3.60. The predicted octanol–water partition coefficient (Wildman–Crippen LogP) is 3.68. The molecule has 1 aliphatic rings. The molecule has 0 unspecified atom stereocenters. The van der Waals surface area contributed by atoms with Crippen LogP contribution in [0.4, 0.5) is 5.69 Å². The molecule has 0 bridgehead atoms. The lowest BCUT2D eigenvalue weighted by atomic mass is 10.0. The summed E-state index contributed by atoms with van der Waals surface area (Å²) in [5, 5.41) is 12.0. The Hall–Kier alpha value is -2.33. The molecule has 24 heavy (non-hydrogen) atoms. The summed E-state index contributed by atoms with van der Waals surface area (Å²) in [6.45, 7) is 3.52. The third-order valence-corrected chi connectivity index (χ3v) is 4.96. The van der Waals surface area contributed by atoms with Crippen LogP contribution in [0.1, 0.15) is 18.4 Å². The third-order valence-electron chi connectivity index (χ3n) is 4.96. The van der Waals surface area contributed by atoms with Crippen LogP contribution in [0.15, 0.2) is 54.7 Å². The normalized spacial score (nSPS) is 16.5. The molecule has 1 fully saturated rings. The lowest BCUT2D eigenvalue weighted by Gasteiger charge is -2.32. The Morgan fingerprint density at radius 3 is 2.75 bits per heavy atom. The van der Waals surface area contributed by atoms with Gasteiger partial charge in [-0.25, -0.2) is 0 Å². The molecule has 2 N–H and O–H groups in total. The van der Waals surface area contributed by atoms with Gasteiger partial charge in [-0.15, -0.1) is 0 Å². The van der Waals surface area contributed by atoms with Gasteiger partial charge in [0.15, 0.2) is 0 Å². The Balaban J connectivity index is 1.26. The van der Waals surface area contributed by atoms with E-state index in [9.17, 15) is 0 Å². The van der Waals surface area contributed by atoms with Crippen molar-refractivity contribution in [3.05, 3.63) is 60.3 Å². The fraction of sp³-hybridized carbons (Fsp3) is 0.350. The standard InChI is InChI=1S/C20H24N4/c1-2-4-16(5-3-1)8-11-24-12-9-18(10-13-24)22-19-7-6-17-15-21-23-20(17)14-19/h1-7,14-15,18,22H,8-13H2,(H,21,23). The van der Waals surface area contributed by atoms with Crippen molar-refractivity contribution in [1.29, 1.82) is 0 Å². The molecular weight excluding hydrogens is 296 g/mol. The first kappa shape index (κ1) is 15.2. The van der Waals surface area contributed by atoms with E-state index in [4.69, 9.17) is 0 Å². The average molecular weight is 320 g/mol. The first-order chi connectivity index (χ1) is 11.9. The zero-order valence-corrected chi connectivity index (χ0v) is 13.9. The van der Waals surface area contributed by atoms with Crippen LogP contribution in [0.25, 0.3) is 10.9 Å². The van der Waals surface area contributed by atoms with Crippen LogP contribution in [0, 0.1) is 0 Å². The Labute approximate surface area is 142 Å². The van der Waals surface area contributed by atoms with Gasteiger partial charge >= 0.3 is 0 Å². The molecule has 0 radical (unpaired) electrons. The molecule has 4 heteroatoms. The van der Waals surface area contributed by atoms with Gasteiger partial charge in [0, 0.05) is 36.7 Å². The van der Waals surface area contributed by atoms with Crippen LogP contribution in [0.5, 0.6) is 0 Å². The number of H-pyrrole nitrogens is 1. The van der Waals surface area contributed by atoms with E-state index in [1.54, 1.807) is 0 Å². The van der Waals surface area contributed by atoms with Crippen molar-refractivity contribution in [3.8, 4) is 0 Å². The van der Waals surface area contributed by atoms with Gasteiger partial charge in [-0.3, -0.25) is 5.10 Å². The molecule has 124 valence electrons. The molecule has 0 spiro atoms. The maximum absolute atomic E-state index is 4.09. The number of nitrogens with one attached hydrogen (secondary N) is 2. The largest absolute Gasteiger partial charge is 0.382 e. The van der Waals surface area contributed by atoms with Gasteiger partial charge in [0.25, 0.3) is 0 Å². The summed E-state index contributed by atoms with van der Waals surface area (Å²) in [7, 11) is 0. The zero-order valence-electron chi connectivity index (χ0n) is 13.9. The Morgan fingerprint density at radius 1 is 1.08 bits per heavy atom. The number of rotatable bonds is 5. The second kappa shape index (κ2) is 7.05. The number of likely N-dealkylation sites (tertiary alicyclic amines) is 1. The number of anilines is 1. The number of benzene rings is 2. The van der Waals surface area contributed by atoms with Gasteiger partial charge in [-0.1, -0.05) is 30.3 Å². The lowest BCUT2D eigenvalue weighted by Crippen LogP contribution is -2.40. The van der Waals surface area contributed by atoms with Crippen molar-refractivity contribution >= 4 is 16.6 Å². The van der Waals surface area contributed by atoms with Crippen molar-refractivity contribution in [2.24, 2.45) is 0 Å². The molecular formula is C20H24N4. The van der Waals surface area contributed by atoms with E-state index in [0.29, 0.717) is 6.04 Å². The minimum atomic E-state index is 0.568. The number of piperidine rings is 1. The van der Waals surface area contributed by atoms with Gasteiger partial charge in [0.2, 0.25) is 0 Å². The van der Waals surface area contributed by atoms with Crippen LogP contribution in [-0.2, 0) is 6.42 Å². The fourth-order valence-corrected chi connectivity index (χ4v) is 3.50. The monoisotopic (exact) mass is 320 g/mol. The van der Waals surface area contributed by atoms with Crippen LogP contribution in [-0.4, -0.2) is 40.8 Å². The number of hydrogen-bond donors (Lipinski definition) is 2. The summed E-state index contributed by atoms with van der Waals surface area (Å²) < 4.78 is 0. The van der Waals surface area contributed by atoms with Crippen molar-refractivity contribution in [2.75, 3.05) is 25.0 Å². The molecule has 4 nitrogen and oxygen atoms in total. The molecule has 0 amide bonds. The van der Waals surface area contributed by atoms with Gasteiger partial charge in [0.05, 0.1) is 11.7 Å². The van der Waals surface area contributed by atoms with E-state index in [1.807, 2.05) is 6.20 Å². The highest BCUT2D eigenvalue weighted by Gasteiger charge is 2.18. The van der Waals surface area contributed by atoms with Crippen molar-refractivity contribution < 1.29 is 0 Å². The molecule has 0 atom stereocenters. The van der Waals surface area contributed by atoms with Gasteiger partial charge < -0.3 is 10.2 Å². The van der Waals surface area contributed by atoms with E-state index in [2.05, 4.69) is 68.9 Å². The molecule has 1 aliphatic heterocycles. The maximum atomic E-state index is 4.09. The molecule has 2 heterocycles. The smallest absolute Gasteiger partial charge is 0.0670 e. The minimum Gasteiger partial charge on any atom is -0.382 e. The van der Waals surface area contributed by atoms with Crippen LogP contribution in [0.2, 0.25) is 0 Å². The van der Waals surface area contributed by atoms with E-state index >= 15 is 0 Å². The van der Waals surface area contributed by atoms with Gasteiger partial charge in [-0.05, 0) is 43.0 Å². The molecule has 0 saturated carbocycles. The van der Waals surface area contributed by atoms with E-state index < -0.39 is 0 Å². The molecule has 0 aliphatic carbocycles. The summed E-state index contributed by atoms with van der Waals surface area (Å²) in [4.78, 5) is 2.59. The molecule has 3 aromatic rings. The number of aromatic nitrogens is 2. The molecule has 1 saturated heterocycles. The quantitative estimate of drug-likeness (QED) is 0.754. The lowest BCUT2D eigenvalue weighted by molar-refractivity contribution is 0.221. The average Bonchev–Trinajstić information content (AvgIpc) is 3.10. The molecule has 2 aromatic carbocycles. The Bertz CT molecular complexity index is 772. The van der Waals surface area contributed by atoms with Crippen molar-refractivity contribution in [1.82, 2.24) is 15.1 Å². The van der Waals surface area contributed by atoms with Crippen molar-refractivity contribution in [2.45, 2.75) is 25.3 Å². The van der Waals surface area contributed by atoms with Crippen molar-refractivity contribution in [3.63, 3.8) is 0 Å². The zero-order chi connectivity index (χ0) is 16.2. The highest BCUT2D eigenvalue weighted by molar-refractivity contribution is 5.81. The number of nitrogens with zero attached hydrogens (tertiary/aromatic N) is 2. The van der Waals surface area contributed by atoms with Crippen LogP contribution >= 0.6 is 0 Å². The van der Waals surface area contributed by atoms with E-state index in [0.717, 1.165) is 23.9 Å². The van der Waals surface area contributed by atoms with Gasteiger partial charge in [0.1, 0.15) is 0 Å². The minimum absolute atomic E-state index is 0.568. The second-order valence-electron chi connectivity index (χ2n) is 6.67. The van der Waals surface area contributed by atoms with Crippen LogP contribution in [0.3, 0.4) is 0 Å². The Kier molecular flexibility index (Phi) is 4.47. The first-order valence-corrected chi connectivity index (χ1v) is 8.83. The number of aromatic amines is 1. The SMILES string of the molecule is c1ccc(CCN2CCC(Nc3ccc4cn[nH]c4c3)CC2)cc1.